The fourth-order valence-electron chi connectivity index (χ4n) is 10.9. The zero-order chi connectivity index (χ0) is 24.5. The van der Waals surface area contributed by atoms with Gasteiger partial charge in [0.1, 0.15) is 76.6 Å². The molecule has 6 aliphatic rings. The van der Waals surface area contributed by atoms with E-state index in [4.69, 9.17) is 0 Å². The molecule has 0 bridgehead atoms. The lowest BCUT2D eigenvalue weighted by atomic mass is 9.44. The molecule has 200 valence electrons. The Hall–Kier alpha value is -0.240. The van der Waals surface area contributed by atoms with Gasteiger partial charge in [-0.2, -0.15) is 0 Å². The molecule has 6 N–H and O–H groups in total. The smallest absolute Gasteiger partial charge is 0.127 e. The molecule has 0 aromatic heterocycles. The first-order valence-corrected chi connectivity index (χ1v) is 15.4. The number of likely N-dealkylation sites (N-methyl/N-ethyl adjacent to an activating group) is 2. The molecule has 0 spiro atoms. The van der Waals surface area contributed by atoms with E-state index in [1.165, 1.54) is 90.9 Å². The molecule has 2 saturated heterocycles. The van der Waals surface area contributed by atoms with Gasteiger partial charge in [-0.05, 0) is 61.2 Å². The Balaban J connectivity index is 1.21. The average molecular weight is 493 g/mol. The number of hydrogen-bond donors (Lipinski definition) is 6. The molecular weight excluding hydrogens is 436 g/mol. The van der Waals surface area contributed by atoms with Crippen molar-refractivity contribution in [2.24, 2.45) is 34.5 Å². The first-order valence-electron chi connectivity index (χ1n) is 15.4. The third-order valence-electron chi connectivity index (χ3n) is 13.3. The van der Waals surface area contributed by atoms with Gasteiger partial charge in [0.15, 0.2) is 0 Å². The first-order chi connectivity index (χ1) is 16.7. The minimum Gasteiger partial charge on any atom is -0.387 e. The molecule has 6 nitrogen and oxygen atoms in total. The van der Waals surface area contributed by atoms with E-state index < -0.39 is 0 Å². The van der Waals surface area contributed by atoms with Crippen LogP contribution in [0.4, 0.5) is 0 Å². The summed E-state index contributed by atoms with van der Waals surface area (Å²) in [5, 5.41) is 23.0. The van der Waals surface area contributed by atoms with Crippen molar-refractivity contribution in [3.05, 3.63) is 0 Å². The minimum absolute atomic E-state index is 0.104. The van der Waals surface area contributed by atoms with Gasteiger partial charge >= 0.3 is 0 Å². The summed E-state index contributed by atoms with van der Waals surface area (Å²) in [5.41, 5.74) is 0.502. The first kappa shape index (κ1) is 25.1. The van der Waals surface area contributed by atoms with E-state index in [1.807, 2.05) is 0 Å². The molecule has 4 saturated carbocycles. The molecule has 6 fully saturated rings. The average Bonchev–Trinajstić information content (AvgIpc) is 3.11. The Morgan fingerprint density at radius 1 is 0.657 bits per heavy atom. The van der Waals surface area contributed by atoms with Crippen LogP contribution in [-0.2, 0) is 0 Å². The maximum atomic E-state index is 11.8. The second-order valence-electron chi connectivity index (χ2n) is 14.8. The fraction of sp³-hybridized carbons (Fsp3) is 1.00. The van der Waals surface area contributed by atoms with E-state index in [0.29, 0.717) is 29.3 Å². The van der Waals surface area contributed by atoms with Gasteiger partial charge in [0.2, 0.25) is 0 Å². The Morgan fingerprint density at radius 3 is 1.89 bits per heavy atom. The van der Waals surface area contributed by atoms with E-state index in [-0.39, 0.29) is 17.6 Å². The molecule has 6 rings (SSSR count). The van der Waals surface area contributed by atoms with Gasteiger partial charge in [0, 0.05) is 18.3 Å². The molecule has 0 amide bonds. The number of quaternary nitrogens is 4. The van der Waals surface area contributed by atoms with Crippen LogP contribution in [0.2, 0.25) is 0 Å². The van der Waals surface area contributed by atoms with Crippen LogP contribution in [0.3, 0.4) is 0 Å². The zero-order valence-corrected chi connectivity index (χ0v) is 23.1. The van der Waals surface area contributed by atoms with E-state index in [2.05, 4.69) is 27.9 Å². The predicted molar refractivity (Wildman–Crippen MR) is 137 cm³/mol. The normalized spacial score (nSPS) is 58.8. The molecule has 10 atom stereocenters. The highest BCUT2D eigenvalue weighted by atomic mass is 16.3. The lowest BCUT2D eigenvalue weighted by Crippen LogP contribution is -3.29. The zero-order valence-electron chi connectivity index (χ0n) is 23.1. The Kier molecular flexibility index (Phi) is 6.59. The van der Waals surface area contributed by atoms with Gasteiger partial charge in [-0.1, -0.05) is 13.8 Å². The largest absolute Gasteiger partial charge is 0.387 e. The second kappa shape index (κ2) is 9.20. The van der Waals surface area contributed by atoms with Crippen molar-refractivity contribution in [3.63, 3.8) is 0 Å². The molecule has 2 heterocycles. The second-order valence-corrected chi connectivity index (χ2v) is 14.8. The molecular formula is C29H56N4O2+4. The van der Waals surface area contributed by atoms with Crippen LogP contribution in [0, 0.1) is 34.5 Å². The maximum absolute atomic E-state index is 11.8. The van der Waals surface area contributed by atoms with Gasteiger partial charge in [-0.3, -0.25) is 0 Å². The van der Waals surface area contributed by atoms with Crippen molar-refractivity contribution in [1.29, 1.82) is 0 Å². The monoisotopic (exact) mass is 492 g/mol. The number of nitrogens with one attached hydrogen (secondary N) is 4. The quantitative estimate of drug-likeness (QED) is 0.243. The van der Waals surface area contributed by atoms with Crippen LogP contribution in [-0.4, -0.2) is 101 Å². The molecule has 2 aliphatic heterocycles. The van der Waals surface area contributed by atoms with Crippen LogP contribution in [0.1, 0.15) is 58.8 Å². The summed E-state index contributed by atoms with van der Waals surface area (Å²) in [6.45, 7) is 15.1. The minimum atomic E-state index is -0.120. The van der Waals surface area contributed by atoms with Crippen molar-refractivity contribution in [1.82, 2.24) is 0 Å². The lowest BCUT2D eigenvalue weighted by Gasteiger charge is -2.61. The molecule has 6 heteroatoms. The molecule has 0 radical (unpaired) electrons. The highest BCUT2D eigenvalue weighted by molar-refractivity contribution is 5.12. The number of fused-ring (bicyclic) bond motifs is 5. The molecule has 35 heavy (non-hydrogen) atoms. The topological polar surface area (TPSA) is 58.2 Å². The van der Waals surface area contributed by atoms with Crippen LogP contribution in [0.25, 0.3) is 0 Å². The third-order valence-corrected chi connectivity index (χ3v) is 13.3. The molecule has 4 aliphatic carbocycles. The summed E-state index contributed by atoms with van der Waals surface area (Å²) in [7, 11) is 4.65. The fourth-order valence-corrected chi connectivity index (χ4v) is 10.9. The van der Waals surface area contributed by atoms with Gasteiger partial charge in [-0.15, -0.1) is 0 Å². The van der Waals surface area contributed by atoms with Crippen LogP contribution in [0.15, 0.2) is 0 Å². The van der Waals surface area contributed by atoms with E-state index in [9.17, 15) is 10.2 Å². The van der Waals surface area contributed by atoms with Crippen LogP contribution < -0.4 is 19.6 Å². The van der Waals surface area contributed by atoms with Crippen LogP contribution >= 0.6 is 0 Å². The van der Waals surface area contributed by atoms with Crippen molar-refractivity contribution >= 4 is 0 Å². The van der Waals surface area contributed by atoms with E-state index in [0.717, 1.165) is 18.3 Å². The lowest BCUT2D eigenvalue weighted by molar-refractivity contribution is -1.02. The number of rotatable bonds is 2. The van der Waals surface area contributed by atoms with Crippen molar-refractivity contribution < 1.29 is 29.8 Å². The highest BCUT2D eigenvalue weighted by Gasteiger charge is 2.65. The summed E-state index contributed by atoms with van der Waals surface area (Å²) in [6.07, 6.45) is 8.48. The predicted octanol–water partition coefficient (Wildman–Crippen LogP) is -3.47. The van der Waals surface area contributed by atoms with Crippen molar-refractivity contribution in [2.75, 3.05) is 66.5 Å². The molecule has 0 aromatic carbocycles. The van der Waals surface area contributed by atoms with Crippen LogP contribution in [0.5, 0.6) is 0 Å². The Labute approximate surface area is 214 Å². The van der Waals surface area contributed by atoms with E-state index in [1.54, 1.807) is 19.6 Å². The number of aliphatic hydroxyl groups excluding tert-OH is 2. The number of piperazine rings is 2. The van der Waals surface area contributed by atoms with Gasteiger partial charge in [-0.25, -0.2) is 0 Å². The molecule has 0 unspecified atom stereocenters. The van der Waals surface area contributed by atoms with Crippen molar-refractivity contribution in [2.45, 2.75) is 83.1 Å². The van der Waals surface area contributed by atoms with E-state index >= 15 is 0 Å². The van der Waals surface area contributed by atoms with Crippen molar-refractivity contribution in [3.8, 4) is 0 Å². The standard InChI is InChI=1S/C29H52N4O2/c1-28-8-7-22-21(23(28)18-24(27(28)35)32-13-9-30(3)10-14-32)6-5-20-17-26(34)25(19-29(20,22)2)33-15-11-31(4)12-16-33/h20-27,34-35H,5-19H2,1-4H3/p+4/t20-,21-,22-,23+,24-,25-,26-,27+,28-,29+/m1/s1. The summed E-state index contributed by atoms with van der Waals surface area (Å²) < 4.78 is 0. The third kappa shape index (κ3) is 4.04. The summed E-state index contributed by atoms with van der Waals surface area (Å²) in [6, 6.07) is 0.899. The Morgan fingerprint density at radius 2 is 1.26 bits per heavy atom. The SMILES string of the molecule is C[NH+]1CC[NH+]([C@@H]2C[C@@]3(C)[C@H](CC[C@@H]4[C@H]3CC[C@@]3(C)[C@@H](O)[C@H]([NH+]5CC[NH+](C)CC5)C[C@@H]43)C[C@H]2O)CC1. The summed E-state index contributed by atoms with van der Waals surface area (Å²) in [5.74, 6) is 2.98. The van der Waals surface area contributed by atoms with Gasteiger partial charge in [0.25, 0.3) is 0 Å². The number of hydrogen-bond acceptors (Lipinski definition) is 2. The Bertz CT molecular complexity index is 766. The summed E-state index contributed by atoms with van der Waals surface area (Å²) >= 11 is 0. The maximum Gasteiger partial charge on any atom is 0.127 e. The number of aliphatic hydroxyl groups is 2. The molecule has 0 aromatic rings. The highest BCUT2D eigenvalue weighted by Crippen LogP contribution is 2.65. The van der Waals surface area contributed by atoms with Gasteiger partial charge < -0.3 is 29.8 Å². The van der Waals surface area contributed by atoms with Gasteiger partial charge in [0.05, 0.1) is 14.1 Å². The summed E-state index contributed by atoms with van der Waals surface area (Å²) in [4.78, 5) is 6.72.